The molecule has 10 heteroatoms. The third-order valence-electron chi connectivity index (χ3n) is 9.80. The van der Waals surface area contributed by atoms with Crippen molar-refractivity contribution in [1.82, 2.24) is 14.5 Å². The summed E-state index contributed by atoms with van der Waals surface area (Å²) >= 11 is 3.66. The molecule has 2 aromatic carbocycles. The van der Waals surface area contributed by atoms with E-state index in [-0.39, 0.29) is 46.2 Å². The van der Waals surface area contributed by atoms with E-state index in [2.05, 4.69) is 31.9 Å². The second-order valence-electron chi connectivity index (χ2n) is 11.9. The number of rotatable bonds is 2. The van der Waals surface area contributed by atoms with Crippen molar-refractivity contribution in [3.8, 4) is 0 Å². The highest BCUT2D eigenvalue weighted by Crippen LogP contribution is 2.48. The average Bonchev–Trinajstić information content (AvgIpc) is 3.36. The smallest absolute Gasteiger partial charge is 0.250 e. The predicted octanol–water partition coefficient (Wildman–Crippen LogP) is 4.54. The quantitative estimate of drug-likeness (QED) is 0.321. The van der Waals surface area contributed by atoms with Gasteiger partial charge in [-0.1, -0.05) is 18.2 Å². The van der Waals surface area contributed by atoms with Crippen molar-refractivity contribution >= 4 is 44.1 Å². The zero-order valence-corrected chi connectivity index (χ0v) is 23.9. The topological polar surface area (TPSA) is 108 Å². The van der Waals surface area contributed by atoms with E-state index in [1.807, 2.05) is 39.8 Å². The van der Waals surface area contributed by atoms with Crippen LogP contribution in [0.5, 0.6) is 0 Å². The first-order valence-corrected chi connectivity index (χ1v) is 15.0. The zero-order valence-electron chi connectivity index (χ0n) is 22.3. The number of piperidine rings is 1. The van der Waals surface area contributed by atoms with Crippen molar-refractivity contribution in [2.75, 3.05) is 23.2 Å². The van der Waals surface area contributed by atoms with Gasteiger partial charge in [-0.25, -0.2) is 0 Å². The van der Waals surface area contributed by atoms with Crippen LogP contribution >= 0.6 is 15.9 Å². The standard InChI is InChI=1S/C31H29BrN5O4/c32-24-4-1-3-21-23-16-34(10-9-25(23)33-29(21)24)31(39)22-13-17-12-20(37(40)41)7-8-27(17)36-14-18-11-19(30(22)36)15-35-26(18)5-2-6-28(35)38/h1-8,12,18-19,22,30,33,40H,9-11,13-16H2/q-1/t18?,19?,22-,30+/m1/s1. The molecule has 4 aliphatic rings. The lowest BCUT2D eigenvalue weighted by Crippen LogP contribution is -2.61. The molecule has 41 heavy (non-hydrogen) atoms. The van der Waals surface area contributed by atoms with E-state index in [9.17, 15) is 20.0 Å². The summed E-state index contributed by atoms with van der Waals surface area (Å²) in [6.07, 6.45) is 2.18. The molecule has 2 N–H and O–H groups in total. The van der Waals surface area contributed by atoms with Crippen LogP contribution in [0.2, 0.25) is 0 Å². The molecule has 4 atom stereocenters. The van der Waals surface area contributed by atoms with Crippen LogP contribution in [0.25, 0.3) is 10.9 Å². The zero-order chi connectivity index (χ0) is 28.0. The van der Waals surface area contributed by atoms with Crippen molar-refractivity contribution in [2.45, 2.75) is 44.3 Å². The fourth-order valence-electron chi connectivity index (χ4n) is 8.07. The number of carbonyl (C=O) groups is 1. The van der Waals surface area contributed by atoms with Crippen molar-refractivity contribution < 1.29 is 10.0 Å². The van der Waals surface area contributed by atoms with Gasteiger partial charge in [-0.3, -0.25) is 14.8 Å². The van der Waals surface area contributed by atoms with Crippen molar-refractivity contribution in [3.05, 3.63) is 97.1 Å². The third-order valence-corrected chi connectivity index (χ3v) is 10.5. The molecule has 0 radical (unpaired) electrons. The number of aromatic nitrogens is 2. The average molecular weight is 616 g/mol. The lowest BCUT2D eigenvalue weighted by Gasteiger charge is -2.55. The van der Waals surface area contributed by atoms with E-state index in [0.29, 0.717) is 32.6 Å². The highest BCUT2D eigenvalue weighted by molar-refractivity contribution is 9.10. The summed E-state index contributed by atoms with van der Waals surface area (Å²) < 4.78 is 2.92. The molecule has 0 saturated carbocycles. The number of anilines is 2. The van der Waals surface area contributed by atoms with Crippen LogP contribution in [0.15, 0.2) is 63.9 Å². The van der Waals surface area contributed by atoms with Gasteiger partial charge in [-0.15, -0.1) is 0 Å². The van der Waals surface area contributed by atoms with Gasteiger partial charge in [0, 0.05) is 83.1 Å². The molecule has 4 aliphatic heterocycles. The summed E-state index contributed by atoms with van der Waals surface area (Å²) in [5, 5.41) is 22.4. The molecule has 2 unspecified atom stereocenters. The number of para-hydroxylation sites is 1. The van der Waals surface area contributed by atoms with Crippen LogP contribution in [0.4, 0.5) is 11.4 Å². The second kappa shape index (κ2) is 9.20. The molecule has 1 amide bonds. The first-order chi connectivity index (χ1) is 19.9. The first kappa shape index (κ1) is 25.1. The Bertz CT molecular complexity index is 1780. The summed E-state index contributed by atoms with van der Waals surface area (Å²) in [5.41, 5.74) is 6.54. The third kappa shape index (κ3) is 3.80. The maximum atomic E-state index is 14.5. The molecule has 210 valence electrons. The van der Waals surface area contributed by atoms with Gasteiger partial charge in [0.25, 0.3) is 5.56 Å². The lowest BCUT2D eigenvalue weighted by atomic mass is 9.69. The molecule has 1 saturated heterocycles. The van der Waals surface area contributed by atoms with E-state index in [0.717, 1.165) is 45.2 Å². The fraction of sp³-hybridized carbons (Fsp3) is 0.355. The number of amides is 1. The SMILES string of the molecule is O=C([C@@H]1Cc2cc(N([O-])O)ccc2N2CC3CC(Cn4c3cccc4=O)[C@@H]12)N1CCc2[nH]c3c(Br)cccc3c2C1. The minimum Gasteiger partial charge on any atom is -0.733 e. The number of H-pyrrole nitrogens is 1. The van der Waals surface area contributed by atoms with E-state index in [4.69, 9.17) is 0 Å². The number of pyridine rings is 1. The van der Waals surface area contributed by atoms with Gasteiger partial charge < -0.3 is 29.8 Å². The molecule has 1 fully saturated rings. The molecule has 6 heterocycles. The van der Waals surface area contributed by atoms with E-state index < -0.39 is 0 Å². The first-order valence-electron chi connectivity index (χ1n) is 14.2. The Hall–Kier alpha value is -3.60. The Labute approximate surface area is 244 Å². The number of nitrogens with one attached hydrogen (secondary N) is 1. The van der Waals surface area contributed by atoms with E-state index >= 15 is 0 Å². The summed E-state index contributed by atoms with van der Waals surface area (Å²) in [6.45, 7) is 2.46. The normalized spacial score (nSPS) is 24.4. The van der Waals surface area contributed by atoms with E-state index in [1.54, 1.807) is 18.2 Å². The molecule has 2 aromatic heterocycles. The monoisotopic (exact) mass is 614 g/mol. The number of benzene rings is 2. The Morgan fingerprint density at radius 2 is 1.98 bits per heavy atom. The Kier molecular flexibility index (Phi) is 5.64. The molecule has 9 nitrogen and oxygen atoms in total. The van der Waals surface area contributed by atoms with Gasteiger partial charge in [0.15, 0.2) is 0 Å². The molecule has 2 bridgehead atoms. The highest BCUT2D eigenvalue weighted by atomic mass is 79.9. The molecular weight excluding hydrogens is 586 g/mol. The molecule has 4 aromatic rings. The number of carbonyl (C=O) groups excluding carboxylic acids is 1. The molecule has 0 spiro atoms. The maximum Gasteiger partial charge on any atom is 0.250 e. The van der Waals surface area contributed by atoms with Crippen LogP contribution < -0.4 is 15.7 Å². The summed E-state index contributed by atoms with van der Waals surface area (Å²) in [4.78, 5) is 35.3. The Balaban J connectivity index is 1.19. The van der Waals surface area contributed by atoms with Crippen LogP contribution in [-0.2, 0) is 30.7 Å². The van der Waals surface area contributed by atoms with Crippen molar-refractivity contribution in [2.24, 2.45) is 11.8 Å². The fourth-order valence-corrected chi connectivity index (χ4v) is 8.53. The van der Waals surface area contributed by atoms with Gasteiger partial charge in [0.1, 0.15) is 0 Å². The molecule has 8 rings (SSSR count). The Morgan fingerprint density at radius 1 is 1.12 bits per heavy atom. The van der Waals surface area contributed by atoms with Crippen LogP contribution in [0.3, 0.4) is 0 Å². The van der Waals surface area contributed by atoms with Gasteiger partial charge >= 0.3 is 0 Å². The molecular formula is C31H29BrN5O4-. The number of nitrogens with zero attached hydrogens (tertiary/aromatic N) is 4. The van der Waals surface area contributed by atoms with Gasteiger partial charge in [-0.2, -0.15) is 0 Å². The number of hydrogen-bond acceptors (Lipinski definition) is 6. The van der Waals surface area contributed by atoms with Crippen molar-refractivity contribution in [3.63, 3.8) is 0 Å². The largest absolute Gasteiger partial charge is 0.733 e. The van der Waals surface area contributed by atoms with E-state index in [1.165, 1.54) is 11.3 Å². The highest BCUT2D eigenvalue weighted by Gasteiger charge is 2.50. The summed E-state index contributed by atoms with van der Waals surface area (Å²) in [6, 6.07) is 16.8. The molecule has 0 aliphatic carbocycles. The number of aromatic amines is 1. The minimum absolute atomic E-state index is 0.0157. The van der Waals surface area contributed by atoms with Gasteiger partial charge in [-0.05, 0) is 70.6 Å². The van der Waals surface area contributed by atoms with Crippen LogP contribution in [0.1, 0.15) is 34.9 Å². The number of fused-ring (bicyclic) bond motifs is 11. The Morgan fingerprint density at radius 3 is 2.83 bits per heavy atom. The minimum atomic E-state index is -0.332. The van der Waals surface area contributed by atoms with Crippen LogP contribution in [-0.4, -0.2) is 44.7 Å². The summed E-state index contributed by atoms with van der Waals surface area (Å²) in [5.74, 6) is 0.0957. The van der Waals surface area contributed by atoms with Crippen LogP contribution in [0, 0.1) is 17.0 Å². The van der Waals surface area contributed by atoms with Gasteiger partial charge in [0.2, 0.25) is 5.91 Å². The number of hydrogen-bond donors (Lipinski definition) is 2. The van der Waals surface area contributed by atoms with Gasteiger partial charge in [0.05, 0.1) is 17.1 Å². The predicted molar refractivity (Wildman–Crippen MR) is 159 cm³/mol. The maximum absolute atomic E-state index is 14.5. The second-order valence-corrected chi connectivity index (χ2v) is 12.7. The number of halogens is 1. The lowest BCUT2D eigenvalue weighted by molar-refractivity contribution is -0.138. The summed E-state index contributed by atoms with van der Waals surface area (Å²) in [7, 11) is 0. The van der Waals surface area contributed by atoms with Crippen molar-refractivity contribution in [1.29, 1.82) is 0 Å².